The Morgan fingerprint density at radius 1 is 1.16 bits per heavy atom. The molecule has 1 fully saturated rings. The highest BCUT2D eigenvalue weighted by Gasteiger charge is 2.20. The summed E-state index contributed by atoms with van der Waals surface area (Å²) in [5.41, 5.74) is 2.75. The highest BCUT2D eigenvalue weighted by molar-refractivity contribution is 5.47. The second-order valence-electron chi connectivity index (χ2n) is 6.43. The minimum absolute atomic E-state index is 0.613. The molecule has 1 N–H and O–H groups in total. The largest absolute Gasteiger partial charge is 0.382 e. The topological polar surface area (TPSA) is 12.0 Å². The summed E-state index contributed by atoms with van der Waals surface area (Å²) >= 11 is 0. The third kappa shape index (κ3) is 4.26. The van der Waals surface area contributed by atoms with Crippen LogP contribution in [-0.4, -0.2) is 6.04 Å². The molecular formula is C18H29N. The van der Waals surface area contributed by atoms with E-state index in [9.17, 15) is 0 Å². The summed E-state index contributed by atoms with van der Waals surface area (Å²) in [6.45, 7) is 6.83. The molecule has 0 radical (unpaired) electrons. The molecule has 0 spiro atoms. The predicted octanol–water partition coefficient (Wildman–Crippen LogP) is 5.58. The van der Waals surface area contributed by atoms with Gasteiger partial charge < -0.3 is 5.32 Å². The maximum atomic E-state index is 3.74. The van der Waals surface area contributed by atoms with Crippen LogP contribution in [0.3, 0.4) is 0 Å². The van der Waals surface area contributed by atoms with E-state index in [2.05, 4.69) is 50.4 Å². The van der Waals surface area contributed by atoms with Crippen molar-refractivity contribution in [1.29, 1.82) is 0 Å². The minimum Gasteiger partial charge on any atom is -0.382 e. The van der Waals surface area contributed by atoms with Gasteiger partial charge in [-0.05, 0) is 55.2 Å². The van der Waals surface area contributed by atoms with Gasteiger partial charge in [0.2, 0.25) is 0 Å². The van der Waals surface area contributed by atoms with Gasteiger partial charge in [0.1, 0.15) is 0 Å². The fraction of sp³-hybridized carbons (Fsp3) is 0.667. The molecule has 0 saturated heterocycles. The van der Waals surface area contributed by atoms with Gasteiger partial charge in [0.15, 0.2) is 0 Å². The lowest BCUT2D eigenvalue weighted by Crippen LogP contribution is -2.26. The number of rotatable bonds is 5. The third-order valence-corrected chi connectivity index (χ3v) is 4.47. The predicted molar refractivity (Wildman–Crippen MR) is 84.8 cm³/mol. The van der Waals surface area contributed by atoms with Gasteiger partial charge in [0, 0.05) is 11.7 Å². The van der Waals surface area contributed by atoms with E-state index >= 15 is 0 Å². The lowest BCUT2D eigenvalue weighted by Gasteiger charge is -2.29. The Morgan fingerprint density at radius 2 is 1.89 bits per heavy atom. The summed E-state index contributed by atoms with van der Waals surface area (Å²) in [6.07, 6.45) is 8.28. The zero-order valence-corrected chi connectivity index (χ0v) is 12.8. The van der Waals surface area contributed by atoms with Crippen molar-refractivity contribution in [2.75, 3.05) is 5.32 Å². The van der Waals surface area contributed by atoms with Gasteiger partial charge in [0.05, 0.1) is 0 Å². The van der Waals surface area contributed by atoms with E-state index in [1.54, 1.807) is 0 Å². The highest BCUT2D eigenvalue weighted by Crippen LogP contribution is 2.30. The van der Waals surface area contributed by atoms with Crippen LogP contribution < -0.4 is 5.32 Å². The summed E-state index contributed by atoms with van der Waals surface area (Å²) in [5.74, 6) is 1.60. The molecule has 2 rings (SSSR count). The number of nitrogens with one attached hydrogen (secondary N) is 1. The van der Waals surface area contributed by atoms with Crippen molar-refractivity contribution in [3.8, 4) is 0 Å². The van der Waals surface area contributed by atoms with E-state index in [0.29, 0.717) is 12.0 Å². The van der Waals surface area contributed by atoms with Gasteiger partial charge in [-0.15, -0.1) is 0 Å². The van der Waals surface area contributed by atoms with Gasteiger partial charge in [-0.25, -0.2) is 0 Å². The molecule has 1 aliphatic rings. The van der Waals surface area contributed by atoms with Crippen LogP contribution in [0.4, 0.5) is 5.69 Å². The van der Waals surface area contributed by atoms with Crippen LogP contribution in [0.1, 0.15) is 70.8 Å². The molecule has 0 aromatic heterocycles. The molecule has 0 atom stereocenters. The summed E-state index contributed by atoms with van der Waals surface area (Å²) in [4.78, 5) is 0. The van der Waals surface area contributed by atoms with Crippen LogP contribution in [0.15, 0.2) is 24.3 Å². The molecule has 0 aliphatic heterocycles. The number of anilines is 1. The van der Waals surface area contributed by atoms with Crippen molar-refractivity contribution < 1.29 is 0 Å². The molecule has 0 unspecified atom stereocenters. The van der Waals surface area contributed by atoms with Gasteiger partial charge in [-0.2, -0.15) is 0 Å². The lowest BCUT2D eigenvalue weighted by molar-refractivity contribution is 0.319. The van der Waals surface area contributed by atoms with E-state index < -0.39 is 0 Å². The monoisotopic (exact) mass is 259 g/mol. The SMILES string of the molecule is CCCC1CCC(Nc2cccc(C(C)C)c2)CC1. The van der Waals surface area contributed by atoms with Gasteiger partial charge >= 0.3 is 0 Å². The molecule has 0 amide bonds. The average molecular weight is 259 g/mol. The van der Waals surface area contributed by atoms with Crippen LogP contribution in [0.5, 0.6) is 0 Å². The third-order valence-electron chi connectivity index (χ3n) is 4.47. The van der Waals surface area contributed by atoms with Crippen LogP contribution in [-0.2, 0) is 0 Å². The van der Waals surface area contributed by atoms with Crippen molar-refractivity contribution >= 4 is 5.69 Å². The molecule has 106 valence electrons. The first-order valence-corrected chi connectivity index (χ1v) is 8.05. The summed E-state index contributed by atoms with van der Waals surface area (Å²) in [6, 6.07) is 9.64. The Kier molecular flexibility index (Phi) is 5.30. The molecule has 19 heavy (non-hydrogen) atoms. The van der Waals surface area contributed by atoms with E-state index in [-0.39, 0.29) is 0 Å². The van der Waals surface area contributed by atoms with Gasteiger partial charge in [0.25, 0.3) is 0 Å². The van der Waals surface area contributed by atoms with Crippen molar-refractivity contribution in [2.45, 2.75) is 71.3 Å². The molecular weight excluding hydrogens is 230 g/mol. The maximum Gasteiger partial charge on any atom is 0.0345 e. The molecule has 1 aliphatic carbocycles. The Morgan fingerprint density at radius 3 is 2.53 bits per heavy atom. The lowest BCUT2D eigenvalue weighted by atomic mass is 9.83. The quantitative estimate of drug-likeness (QED) is 0.727. The second kappa shape index (κ2) is 6.98. The van der Waals surface area contributed by atoms with E-state index in [1.165, 1.54) is 49.8 Å². The van der Waals surface area contributed by atoms with Crippen LogP contribution in [0.25, 0.3) is 0 Å². The fourth-order valence-corrected chi connectivity index (χ4v) is 3.23. The van der Waals surface area contributed by atoms with Gasteiger partial charge in [-0.1, -0.05) is 45.7 Å². The molecule has 1 heteroatoms. The summed E-state index contributed by atoms with van der Waals surface area (Å²) < 4.78 is 0. The first-order valence-electron chi connectivity index (χ1n) is 8.05. The van der Waals surface area contributed by atoms with Crippen molar-refractivity contribution in [3.05, 3.63) is 29.8 Å². The number of hydrogen-bond donors (Lipinski definition) is 1. The van der Waals surface area contributed by atoms with Crippen molar-refractivity contribution in [3.63, 3.8) is 0 Å². The fourth-order valence-electron chi connectivity index (χ4n) is 3.23. The van der Waals surface area contributed by atoms with E-state index in [4.69, 9.17) is 0 Å². The maximum absolute atomic E-state index is 3.74. The van der Waals surface area contributed by atoms with Crippen molar-refractivity contribution in [2.24, 2.45) is 5.92 Å². The molecule has 1 aromatic rings. The first kappa shape index (κ1) is 14.4. The van der Waals surface area contributed by atoms with Crippen LogP contribution in [0, 0.1) is 5.92 Å². The van der Waals surface area contributed by atoms with Crippen LogP contribution >= 0.6 is 0 Å². The Bertz CT molecular complexity index is 375. The molecule has 0 bridgehead atoms. The van der Waals surface area contributed by atoms with E-state index in [1.807, 2.05) is 0 Å². The van der Waals surface area contributed by atoms with E-state index in [0.717, 1.165) is 5.92 Å². The summed E-state index contributed by atoms with van der Waals surface area (Å²) in [7, 11) is 0. The molecule has 1 aromatic carbocycles. The Labute approximate surface area is 118 Å². The standard InChI is InChI=1S/C18H29N/c1-4-6-15-9-11-17(12-10-15)19-18-8-5-7-16(13-18)14(2)3/h5,7-8,13-15,17,19H,4,6,9-12H2,1-3H3. The van der Waals surface area contributed by atoms with Crippen LogP contribution in [0.2, 0.25) is 0 Å². The minimum atomic E-state index is 0.613. The smallest absolute Gasteiger partial charge is 0.0345 e. The highest BCUT2D eigenvalue weighted by atomic mass is 14.9. The Balaban J connectivity index is 1.87. The van der Waals surface area contributed by atoms with Crippen molar-refractivity contribution in [1.82, 2.24) is 0 Å². The average Bonchev–Trinajstić information content (AvgIpc) is 2.42. The second-order valence-corrected chi connectivity index (χ2v) is 6.43. The zero-order chi connectivity index (χ0) is 13.7. The van der Waals surface area contributed by atoms with Gasteiger partial charge in [-0.3, -0.25) is 0 Å². The molecule has 1 nitrogen and oxygen atoms in total. The number of hydrogen-bond acceptors (Lipinski definition) is 1. The molecule has 1 saturated carbocycles. The zero-order valence-electron chi connectivity index (χ0n) is 12.8. The first-order chi connectivity index (χ1) is 9.19. The summed E-state index contributed by atoms with van der Waals surface area (Å²) in [5, 5.41) is 3.74. The normalized spacial score (nSPS) is 23.6. The molecule has 0 heterocycles. The number of benzene rings is 1. The Hall–Kier alpha value is -0.980.